The van der Waals surface area contributed by atoms with Crippen molar-refractivity contribution in [1.82, 2.24) is 30.7 Å². The van der Waals surface area contributed by atoms with Crippen LogP contribution in [0.1, 0.15) is 116 Å². The molecule has 3 heterocycles. The molecule has 0 aromatic heterocycles. The van der Waals surface area contributed by atoms with Gasteiger partial charge in [-0.25, -0.2) is 28.8 Å². The van der Waals surface area contributed by atoms with Gasteiger partial charge in [0.25, 0.3) is 17.7 Å². The van der Waals surface area contributed by atoms with Crippen molar-refractivity contribution in [3.05, 3.63) is 108 Å². The molecule has 87 heavy (non-hydrogen) atoms. The first-order valence-electron chi connectivity index (χ1n) is 28.9. The van der Waals surface area contributed by atoms with Crippen molar-refractivity contribution in [2.75, 3.05) is 59.3 Å². The van der Waals surface area contributed by atoms with Gasteiger partial charge >= 0.3 is 36.4 Å². The molecule has 0 bridgehead atoms. The van der Waals surface area contributed by atoms with Gasteiger partial charge in [-0.1, -0.05) is 152 Å². The van der Waals surface area contributed by atoms with Crippen molar-refractivity contribution < 1.29 is 86.0 Å². The Bertz CT molecular complexity index is 2790. The van der Waals surface area contributed by atoms with Gasteiger partial charge in [0.05, 0.1) is 39.5 Å². The molecule has 4 unspecified atom stereocenters. The van der Waals surface area contributed by atoms with Crippen molar-refractivity contribution in [3.63, 3.8) is 0 Å². The highest BCUT2D eigenvalue weighted by atomic mass is 16.6. The van der Waals surface area contributed by atoms with Crippen LogP contribution < -0.4 is 33.2 Å². The summed E-state index contributed by atoms with van der Waals surface area (Å²) in [6, 6.07) is 23.0. The summed E-state index contributed by atoms with van der Waals surface area (Å²) in [6.45, 7) is 10.8. The highest BCUT2D eigenvalue weighted by Crippen LogP contribution is 2.38. The van der Waals surface area contributed by atoms with Gasteiger partial charge in [0.1, 0.15) is 18.3 Å². The van der Waals surface area contributed by atoms with Gasteiger partial charge in [0.15, 0.2) is 16.2 Å². The summed E-state index contributed by atoms with van der Waals surface area (Å²) in [5.74, 6) is -4.05. The minimum atomic E-state index is -1.78. The molecule has 3 fully saturated rings. The number of nitrogens with one attached hydrogen (secondary N) is 3. The molecule has 6 rings (SSSR count). The van der Waals surface area contributed by atoms with Gasteiger partial charge in [-0.05, 0) is 55.2 Å². The largest absolute Gasteiger partial charge is 0.442 e. The number of primary amides is 3. The lowest BCUT2D eigenvalue weighted by Crippen LogP contribution is -2.69. The second kappa shape index (κ2) is 34.4. The Balaban J connectivity index is 0.000000304. The number of imide groups is 6. The Morgan fingerprint density at radius 1 is 0.425 bits per heavy atom. The summed E-state index contributed by atoms with van der Waals surface area (Å²) in [5, 5.41) is 6.53. The van der Waals surface area contributed by atoms with E-state index in [0.29, 0.717) is 42.9 Å². The lowest BCUT2D eigenvalue weighted by atomic mass is 9.74. The summed E-state index contributed by atoms with van der Waals surface area (Å²) >= 11 is 0. The fourth-order valence-electron chi connectivity index (χ4n) is 9.94. The van der Waals surface area contributed by atoms with Gasteiger partial charge in [-0.3, -0.25) is 59.4 Å². The molecule has 27 nitrogen and oxygen atoms in total. The Morgan fingerprint density at radius 3 is 1.05 bits per heavy atom. The second-order valence-corrected chi connectivity index (χ2v) is 20.4. The molecule has 0 spiro atoms. The number of unbranched alkanes of at least 4 members (excludes halogenated alkanes) is 3. The summed E-state index contributed by atoms with van der Waals surface area (Å²) in [5.41, 5.74) is 12.4. The number of urea groups is 3. The number of barbiturate groups is 3. The number of carbonyl (C=O) groups is 12. The third kappa shape index (κ3) is 17.9. The molecule has 4 atom stereocenters. The normalized spacial score (nSPS) is 19.2. The summed E-state index contributed by atoms with van der Waals surface area (Å²) in [6.07, 6.45) is -0.949. The lowest BCUT2D eigenvalue weighted by molar-refractivity contribution is -0.155. The quantitative estimate of drug-likeness (QED) is 0.0288. The Hall–Kier alpha value is -8.82. The molecule has 3 aliphatic heterocycles. The van der Waals surface area contributed by atoms with Gasteiger partial charge in [-0.2, -0.15) is 0 Å². The molecule has 0 aliphatic carbocycles. The van der Waals surface area contributed by atoms with E-state index in [4.69, 9.17) is 45.6 Å². The van der Waals surface area contributed by atoms with Crippen LogP contribution in [-0.4, -0.2) is 164 Å². The number of ether oxygens (including phenoxy) is 6. The van der Waals surface area contributed by atoms with Crippen LogP contribution >= 0.6 is 0 Å². The van der Waals surface area contributed by atoms with E-state index < -0.39 is 119 Å². The topological polar surface area (TPSA) is 384 Å². The summed E-state index contributed by atoms with van der Waals surface area (Å²) < 4.78 is 32.0. The zero-order valence-electron chi connectivity index (χ0n) is 50.0. The predicted molar refractivity (Wildman–Crippen MR) is 312 cm³/mol. The fraction of sp³-hybridized carbons (Fsp3) is 0.500. The molecular weight excluding hydrogens is 1130 g/mol. The van der Waals surface area contributed by atoms with Gasteiger partial charge in [0, 0.05) is 19.8 Å². The van der Waals surface area contributed by atoms with Gasteiger partial charge in [-0.15, -0.1) is 0 Å². The SMILES string of the molecule is CCC1(c2ccccc2)C(=O)NC(=O)NC1=O.CCCCOCC(CN1C(=O)N(CC(COCCCC)OC(N)=O)C(=O)C(CC)(c2ccccc2)C1=O)OC(N)=O.CCCCOCC(CN1C(=O)NC(=O)C(CC)(c2ccccc2)C1=O)OC(N)=O. The molecule has 3 aromatic rings. The van der Waals surface area contributed by atoms with Crippen molar-refractivity contribution in [1.29, 1.82) is 0 Å². The maximum Gasteiger partial charge on any atom is 0.404 e. The van der Waals surface area contributed by atoms with Crippen LogP contribution in [0, 0.1) is 0 Å². The average Bonchev–Trinajstić information content (AvgIpc) is 0.801. The van der Waals surface area contributed by atoms with Crippen LogP contribution in [0.5, 0.6) is 0 Å². The molecule has 474 valence electrons. The highest BCUT2D eigenvalue weighted by molar-refractivity contribution is 6.24. The lowest BCUT2D eigenvalue weighted by Gasteiger charge is -2.45. The first-order valence-corrected chi connectivity index (χ1v) is 28.9. The standard InChI is InChI=1S/C28H42N4O9.C20H27N3O6.C12H12N2O3/c1-4-7-14-38-18-21(40-25(29)35)16-31-23(33)28(6-3,20-12-10-9-11-13-20)24(34)32(27(31)37)17-22(41-26(30)36)19-39-15-8-5-2;1-3-5-11-28-13-15(29-18(21)26)12-23-17(25)20(4-2,16(24)22-19(23)27)14-9-7-6-8-10-14;1-2-12(8-6-4-3-5-7-8)9(15)13-11(17)14-10(12)16/h9-13,21-22H,4-8,14-19H2,1-3H3,(H2,29,35)(H2,30,36);6-10,15H,3-5,11-13H2,1-2H3,(H2,21,26)(H,22,24,27);3-7H,2H2,1H3,(H2,13,14,15,16,17). The van der Waals surface area contributed by atoms with E-state index in [-0.39, 0.29) is 39.2 Å². The number of rotatable bonds is 30. The maximum atomic E-state index is 14.1. The minimum Gasteiger partial charge on any atom is -0.442 e. The van der Waals surface area contributed by atoms with Crippen molar-refractivity contribution in [3.8, 4) is 0 Å². The summed E-state index contributed by atoms with van der Waals surface area (Å²) in [7, 11) is 0. The van der Waals surface area contributed by atoms with Gasteiger partial charge < -0.3 is 45.6 Å². The smallest absolute Gasteiger partial charge is 0.404 e. The highest BCUT2D eigenvalue weighted by Gasteiger charge is 2.59. The van der Waals surface area contributed by atoms with E-state index in [0.717, 1.165) is 53.2 Å². The van der Waals surface area contributed by atoms with Crippen LogP contribution in [0.25, 0.3) is 0 Å². The first-order chi connectivity index (χ1) is 41.6. The third-order valence-corrected chi connectivity index (χ3v) is 14.6. The monoisotopic (exact) mass is 1220 g/mol. The average molecular weight is 1220 g/mol. The van der Waals surface area contributed by atoms with Crippen LogP contribution in [0.15, 0.2) is 91.0 Å². The molecule has 3 saturated heterocycles. The van der Waals surface area contributed by atoms with Crippen LogP contribution in [-0.2, 0) is 73.4 Å². The van der Waals surface area contributed by atoms with Crippen molar-refractivity contribution >= 4 is 71.8 Å². The number of carbonyl (C=O) groups excluding carboxylic acids is 12. The molecule has 15 amide bonds. The Morgan fingerprint density at radius 2 is 0.724 bits per heavy atom. The molecule has 9 N–H and O–H groups in total. The van der Waals surface area contributed by atoms with E-state index in [2.05, 4.69) is 16.0 Å². The Labute approximate surface area is 504 Å². The van der Waals surface area contributed by atoms with E-state index in [1.807, 2.05) is 20.8 Å². The number of hydrogen-bond acceptors (Lipinski definition) is 18. The molecule has 3 aliphatic rings. The number of nitrogens with two attached hydrogens (primary N) is 3. The zero-order valence-corrected chi connectivity index (χ0v) is 50.0. The van der Waals surface area contributed by atoms with Crippen molar-refractivity contribution in [2.24, 2.45) is 17.2 Å². The molecule has 3 aromatic carbocycles. The molecule has 0 radical (unpaired) electrons. The molecular formula is C60H81N9O18. The van der Waals surface area contributed by atoms with E-state index >= 15 is 0 Å². The minimum absolute atomic E-state index is 0.0116. The van der Waals surface area contributed by atoms with Gasteiger partial charge in [0.2, 0.25) is 17.7 Å². The van der Waals surface area contributed by atoms with Crippen LogP contribution in [0.4, 0.5) is 28.8 Å². The fourth-order valence-corrected chi connectivity index (χ4v) is 9.94. The first kappa shape index (κ1) is 70.7. The van der Waals surface area contributed by atoms with E-state index in [9.17, 15) is 57.5 Å². The maximum absolute atomic E-state index is 14.1. The predicted octanol–water partition coefficient (Wildman–Crippen LogP) is 5.08. The van der Waals surface area contributed by atoms with Crippen LogP contribution in [0.2, 0.25) is 0 Å². The molecule has 27 heteroatoms. The van der Waals surface area contributed by atoms with E-state index in [1.54, 1.807) is 112 Å². The second-order valence-electron chi connectivity index (χ2n) is 20.4. The number of amides is 15. The zero-order chi connectivity index (χ0) is 64.3. The number of hydrogen-bond donors (Lipinski definition) is 6. The summed E-state index contributed by atoms with van der Waals surface area (Å²) in [4.78, 5) is 152. The number of nitrogens with zero attached hydrogens (tertiary/aromatic N) is 3. The van der Waals surface area contributed by atoms with Crippen LogP contribution in [0.3, 0.4) is 0 Å². The number of benzene rings is 3. The molecule has 0 saturated carbocycles. The van der Waals surface area contributed by atoms with Crippen molar-refractivity contribution in [2.45, 2.75) is 134 Å². The Kier molecular flexibility index (Phi) is 27.9. The third-order valence-electron chi connectivity index (χ3n) is 14.6. The van der Waals surface area contributed by atoms with E-state index in [1.165, 1.54) is 0 Å².